The van der Waals surface area contributed by atoms with E-state index in [4.69, 9.17) is 4.74 Å². The molecule has 1 aliphatic rings. The van der Waals surface area contributed by atoms with Gasteiger partial charge in [0.2, 0.25) is 0 Å². The minimum Gasteiger partial charge on any atom is -0.467 e. The van der Waals surface area contributed by atoms with Crippen LogP contribution >= 0.6 is 0 Å². The van der Waals surface area contributed by atoms with Crippen LogP contribution in [0.5, 0.6) is 0 Å². The monoisotopic (exact) mass is 279 g/mol. The highest BCUT2D eigenvalue weighted by Gasteiger charge is 2.30. The number of esters is 1. The van der Waals surface area contributed by atoms with Crippen LogP contribution in [0, 0.1) is 11.7 Å². The van der Waals surface area contributed by atoms with E-state index in [1.807, 2.05) is 0 Å². The fourth-order valence-electron chi connectivity index (χ4n) is 2.89. The molecule has 1 aliphatic carbocycles. The number of ether oxygens (including phenoxy) is 1. The Kier molecular flexibility index (Phi) is 5.39. The molecule has 0 aliphatic heterocycles. The maximum atomic E-state index is 13.8. The van der Waals surface area contributed by atoms with E-state index in [9.17, 15) is 9.18 Å². The molecule has 1 N–H and O–H groups in total. The predicted molar refractivity (Wildman–Crippen MR) is 77.0 cm³/mol. The van der Waals surface area contributed by atoms with Gasteiger partial charge in [-0.1, -0.05) is 37.8 Å². The summed E-state index contributed by atoms with van der Waals surface area (Å²) in [6.07, 6.45) is 6.64. The number of carbonyl (C=O) groups excluding carboxylic acids is 1. The van der Waals surface area contributed by atoms with Crippen molar-refractivity contribution in [1.82, 2.24) is 0 Å². The van der Waals surface area contributed by atoms with E-state index < -0.39 is 6.04 Å². The summed E-state index contributed by atoms with van der Waals surface area (Å²) in [5.41, 5.74) is 0.368. The number of carbonyl (C=O) groups is 1. The first kappa shape index (κ1) is 14.8. The molecule has 0 aromatic heterocycles. The largest absolute Gasteiger partial charge is 0.467 e. The molecule has 1 unspecified atom stereocenters. The molecule has 20 heavy (non-hydrogen) atoms. The predicted octanol–water partition coefficient (Wildman–Crippen LogP) is 3.75. The zero-order chi connectivity index (χ0) is 14.4. The van der Waals surface area contributed by atoms with Gasteiger partial charge in [-0.2, -0.15) is 0 Å². The van der Waals surface area contributed by atoms with Crippen LogP contribution in [-0.4, -0.2) is 19.1 Å². The summed E-state index contributed by atoms with van der Waals surface area (Å²) < 4.78 is 18.6. The zero-order valence-electron chi connectivity index (χ0n) is 11.9. The molecular weight excluding hydrogens is 257 g/mol. The lowest BCUT2D eigenvalue weighted by Gasteiger charge is -2.26. The Morgan fingerprint density at radius 2 is 1.90 bits per heavy atom. The van der Waals surface area contributed by atoms with Crippen molar-refractivity contribution >= 4 is 11.7 Å². The van der Waals surface area contributed by atoms with Crippen molar-refractivity contribution in [2.75, 3.05) is 12.4 Å². The van der Waals surface area contributed by atoms with Gasteiger partial charge in [0, 0.05) is 0 Å². The summed E-state index contributed by atoms with van der Waals surface area (Å²) in [5.74, 6) is -0.431. The Labute approximate surface area is 119 Å². The van der Waals surface area contributed by atoms with E-state index in [0.29, 0.717) is 5.69 Å². The van der Waals surface area contributed by atoms with Crippen molar-refractivity contribution in [2.45, 2.75) is 44.6 Å². The lowest BCUT2D eigenvalue weighted by molar-refractivity contribution is -0.142. The van der Waals surface area contributed by atoms with Crippen LogP contribution in [0.4, 0.5) is 10.1 Å². The molecule has 1 aromatic rings. The third-order valence-electron chi connectivity index (χ3n) is 4.01. The van der Waals surface area contributed by atoms with Gasteiger partial charge in [0.05, 0.1) is 12.8 Å². The Balaban J connectivity index is 2.14. The van der Waals surface area contributed by atoms with Gasteiger partial charge in [-0.3, -0.25) is 0 Å². The minimum atomic E-state index is -0.463. The van der Waals surface area contributed by atoms with Crippen LogP contribution in [0.25, 0.3) is 0 Å². The topological polar surface area (TPSA) is 38.3 Å². The lowest BCUT2D eigenvalue weighted by atomic mass is 9.91. The second-order valence-corrected chi connectivity index (χ2v) is 5.38. The van der Waals surface area contributed by atoms with Crippen LogP contribution in [-0.2, 0) is 9.53 Å². The molecule has 0 bridgehead atoms. The maximum absolute atomic E-state index is 13.8. The number of halogens is 1. The number of hydrogen-bond donors (Lipinski definition) is 1. The SMILES string of the molecule is COC(=O)C(Nc1ccccc1F)C1CCCCCC1. The van der Waals surface area contributed by atoms with Crippen LogP contribution < -0.4 is 5.32 Å². The van der Waals surface area contributed by atoms with Crippen molar-refractivity contribution in [2.24, 2.45) is 5.92 Å². The summed E-state index contributed by atoms with van der Waals surface area (Å²) in [4.78, 5) is 12.0. The Hall–Kier alpha value is -1.58. The van der Waals surface area contributed by atoms with E-state index in [2.05, 4.69) is 5.32 Å². The van der Waals surface area contributed by atoms with E-state index in [1.165, 1.54) is 26.0 Å². The molecule has 1 atom stereocenters. The first-order chi connectivity index (χ1) is 9.72. The number of benzene rings is 1. The molecule has 110 valence electrons. The number of nitrogens with one attached hydrogen (secondary N) is 1. The summed E-state index contributed by atoms with van der Waals surface area (Å²) in [5, 5.41) is 3.05. The smallest absolute Gasteiger partial charge is 0.328 e. The number of para-hydroxylation sites is 1. The first-order valence-corrected chi connectivity index (χ1v) is 7.31. The summed E-state index contributed by atoms with van der Waals surface area (Å²) in [7, 11) is 1.38. The second kappa shape index (κ2) is 7.27. The molecule has 4 heteroatoms. The van der Waals surface area contributed by atoms with Gasteiger partial charge in [-0.25, -0.2) is 9.18 Å². The summed E-state index contributed by atoms with van der Waals surface area (Å²) in [6, 6.07) is 5.98. The van der Waals surface area contributed by atoms with Crippen molar-refractivity contribution in [1.29, 1.82) is 0 Å². The molecule has 1 saturated carbocycles. The van der Waals surface area contributed by atoms with Gasteiger partial charge in [-0.05, 0) is 30.9 Å². The average molecular weight is 279 g/mol. The molecule has 0 saturated heterocycles. The molecule has 0 radical (unpaired) electrons. The van der Waals surface area contributed by atoms with Crippen LogP contribution in [0.1, 0.15) is 38.5 Å². The van der Waals surface area contributed by atoms with Crippen molar-refractivity contribution in [3.05, 3.63) is 30.1 Å². The molecule has 0 heterocycles. The van der Waals surface area contributed by atoms with Gasteiger partial charge >= 0.3 is 5.97 Å². The van der Waals surface area contributed by atoms with Gasteiger partial charge in [-0.15, -0.1) is 0 Å². The number of hydrogen-bond acceptors (Lipinski definition) is 3. The van der Waals surface area contributed by atoms with Crippen molar-refractivity contribution in [3.63, 3.8) is 0 Å². The third-order valence-corrected chi connectivity index (χ3v) is 4.01. The first-order valence-electron chi connectivity index (χ1n) is 7.31. The van der Waals surface area contributed by atoms with E-state index >= 15 is 0 Å². The molecule has 0 amide bonds. The van der Waals surface area contributed by atoms with Gasteiger partial charge in [0.15, 0.2) is 0 Å². The molecule has 3 nitrogen and oxygen atoms in total. The quantitative estimate of drug-likeness (QED) is 0.674. The molecule has 1 fully saturated rings. The molecule has 0 spiro atoms. The van der Waals surface area contributed by atoms with Gasteiger partial charge in [0.25, 0.3) is 0 Å². The molecule has 2 rings (SSSR count). The Morgan fingerprint density at radius 1 is 1.25 bits per heavy atom. The average Bonchev–Trinajstić information content (AvgIpc) is 2.74. The molecule has 1 aromatic carbocycles. The van der Waals surface area contributed by atoms with Gasteiger partial charge in [0.1, 0.15) is 11.9 Å². The fourth-order valence-corrected chi connectivity index (χ4v) is 2.89. The highest BCUT2D eigenvalue weighted by atomic mass is 19.1. The van der Waals surface area contributed by atoms with Crippen LogP contribution in [0.2, 0.25) is 0 Å². The van der Waals surface area contributed by atoms with Crippen LogP contribution in [0.15, 0.2) is 24.3 Å². The number of rotatable bonds is 4. The van der Waals surface area contributed by atoms with E-state index in [1.54, 1.807) is 18.2 Å². The Bertz CT molecular complexity index is 442. The van der Waals surface area contributed by atoms with Crippen LogP contribution in [0.3, 0.4) is 0 Å². The normalized spacial score (nSPS) is 18.1. The van der Waals surface area contributed by atoms with Crippen molar-refractivity contribution in [3.8, 4) is 0 Å². The number of methoxy groups -OCH3 is 1. The highest BCUT2D eigenvalue weighted by molar-refractivity contribution is 5.79. The highest BCUT2D eigenvalue weighted by Crippen LogP contribution is 2.28. The number of anilines is 1. The maximum Gasteiger partial charge on any atom is 0.328 e. The van der Waals surface area contributed by atoms with Gasteiger partial charge < -0.3 is 10.1 Å². The van der Waals surface area contributed by atoms with Crippen molar-refractivity contribution < 1.29 is 13.9 Å². The van der Waals surface area contributed by atoms with E-state index in [0.717, 1.165) is 25.7 Å². The lowest BCUT2D eigenvalue weighted by Crippen LogP contribution is -2.38. The standard InChI is InChI=1S/C16H22FNO2/c1-20-16(19)15(12-8-4-2-3-5-9-12)18-14-11-7-6-10-13(14)17/h6-7,10-12,15,18H,2-5,8-9H2,1H3. The summed E-state index contributed by atoms with van der Waals surface area (Å²) in [6.45, 7) is 0. The molecular formula is C16H22FNO2. The Morgan fingerprint density at radius 3 is 2.50 bits per heavy atom. The van der Waals surface area contributed by atoms with E-state index in [-0.39, 0.29) is 17.7 Å². The fraction of sp³-hybridized carbons (Fsp3) is 0.562. The summed E-state index contributed by atoms with van der Waals surface area (Å²) >= 11 is 0. The second-order valence-electron chi connectivity index (χ2n) is 5.38. The zero-order valence-corrected chi connectivity index (χ0v) is 11.9. The third kappa shape index (κ3) is 3.71. The minimum absolute atomic E-state index is 0.213.